The van der Waals surface area contributed by atoms with Crippen LogP contribution < -0.4 is 5.73 Å². The SMILES string of the molecule is CC(C)N(CC(N)=O)C(=O)c1cc(F)c([N+](=O)[O-])cc1F. The van der Waals surface area contributed by atoms with Gasteiger partial charge in [0.2, 0.25) is 11.7 Å². The van der Waals surface area contributed by atoms with Gasteiger partial charge in [-0.05, 0) is 19.9 Å². The molecule has 0 atom stereocenters. The molecule has 0 saturated heterocycles. The predicted molar refractivity (Wildman–Crippen MR) is 68.4 cm³/mol. The van der Waals surface area contributed by atoms with E-state index in [0.717, 1.165) is 4.90 Å². The standard InChI is InChI=1S/C12H13F2N3O4/c1-6(2)16(5-11(15)18)12(19)7-3-9(14)10(17(20)21)4-8(7)13/h3-4,6H,5H2,1-2H3,(H2,15,18). The summed E-state index contributed by atoms with van der Waals surface area (Å²) in [7, 11) is 0. The van der Waals surface area contributed by atoms with Crippen molar-refractivity contribution in [3.05, 3.63) is 39.4 Å². The topological polar surface area (TPSA) is 107 Å². The van der Waals surface area contributed by atoms with Crippen molar-refractivity contribution in [2.45, 2.75) is 19.9 Å². The number of halogens is 2. The average molecular weight is 301 g/mol. The molecule has 21 heavy (non-hydrogen) atoms. The van der Waals surface area contributed by atoms with Gasteiger partial charge in [-0.1, -0.05) is 0 Å². The molecule has 0 unspecified atom stereocenters. The number of nitrogens with zero attached hydrogens (tertiary/aromatic N) is 2. The lowest BCUT2D eigenvalue weighted by Crippen LogP contribution is -2.43. The summed E-state index contributed by atoms with van der Waals surface area (Å²) in [5.74, 6) is -4.38. The number of primary amides is 1. The molecule has 2 N–H and O–H groups in total. The van der Waals surface area contributed by atoms with E-state index < -0.39 is 52.2 Å². The van der Waals surface area contributed by atoms with E-state index >= 15 is 0 Å². The van der Waals surface area contributed by atoms with Gasteiger partial charge in [0.15, 0.2) is 0 Å². The van der Waals surface area contributed by atoms with Gasteiger partial charge >= 0.3 is 5.69 Å². The fourth-order valence-corrected chi connectivity index (χ4v) is 1.65. The van der Waals surface area contributed by atoms with Gasteiger partial charge in [0, 0.05) is 6.04 Å². The Morgan fingerprint density at radius 2 is 1.90 bits per heavy atom. The Labute approximate surface area is 118 Å². The van der Waals surface area contributed by atoms with Crippen LogP contribution in [0.25, 0.3) is 0 Å². The van der Waals surface area contributed by atoms with E-state index in [1.54, 1.807) is 13.8 Å². The number of nitrogens with two attached hydrogens (primary N) is 1. The lowest BCUT2D eigenvalue weighted by atomic mass is 10.1. The molecule has 0 aliphatic heterocycles. The number of nitro groups is 1. The number of rotatable bonds is 5. The van der Waals surface area contributed by atoms with Gasteiger partial charge in [-0.3, -0.25) is 19.7 Å². The Balaban J connectivity index is 3.25. The smallest absolute Gasteiger partial charge is 0.307 e. The number of hydrogen-bond donors (Lipinski definition) is 1. The fraction of sp³-hybridized carbons (Fsp3) is 0.333. The van der Waals surface area contributed by atoms with Crippen molar-refractivity contribution >= 4 is 17.5 Å². The van der Waals surface area contributed by atoms with Gasteiger partial charge in [-0.25, -0.2) is 4.39 Å². The van der Waals surface area contributed by atoms with E-state index in [4.69, 9.17) is 5.73 Å². The van der Waals surface area contributed by atoms with E-state index in [9.17, 15) is 28.5 Å². The monoisotopic (exact) mass is 301 g/mol. The van der Waals surface area contributed by atoms with Crippen molar-refractivity contribution in [1.82, 2.24) is 4.90 Å². The highest BCUT2D eigenvalue weighted by atomic mass is 19.1. The Morgan fingerprint density at radius 1 is 1.33 bits per heavy atom. The lowest BCUT2D eigenvalue weighted by Gasteiger charge is -2.25. The Kier molecular flexibility index (Phi) is 4.90. The molecule has 9 heteroatoms. The molecule has 7 nitrogen and oxygen atoms in total. The van der Waals surface area contributed by atoms with Gasteiger partial charge in [0.25, 0.3) is 5.91 Å². The maximum atomic E-state index is 13.8. The van der Waals surface area contributed by atoms with Crippen LogP contribution in [-0.4, -0.2) is 34.2 Å². The molecule has 0 aromatic heterocycles. The zero-order chi connectivity index (χ0) is 16.3. The Bertz CT molecular complexity index is 604. The largest absolute Gasteiger partial charge is 0.368 e. The zero-order valence-electron chi connectivity index (χ0n) is 11.3. The second kappa shape index (κ2) is 6.25. The van der Waals surface area contributed by atoms with Crippen LogP contribution in [0.4, 0.5) is 14.5 Å². The van der Waals surface area contributed by atoms with Gasteiger partial charge in [0.1, 0.15) is 5.82 Å². The summed E-state index contributed by atoms with van der Waals surface area (Å²) >= 11 is 0. The molecule has 1 rings (SSSR count). The number of benzene rings is 1. The first-order valence-electron chi connectivity index (χ1n) is 5.87. The second-order valence-electron chi connectivity index (χ2n) is 4.53. The first-order valence-corrected chi connectivity index (χ1v) is 5.87. The molecule has 1 aromatic carbocycles. The third-order valence-corrected chi connectivity index (χ3v) is 2.67. The Hall–Kier alpha value is -2.58. The molecule has 0 radical (unpaired) electrons. The normalized spacial score (nSPS) is 10.5. The molecule has 0 fully saturated rings. The highest BCUT2D eigenvalue weighted by Gasteiger charge is 2.27. The molecular weight excluding hydrogens is 288 g/mol. The molecule has 0 saturated carbocycles. The van der Waals surface area contributed by atoms with Crippen LogP contribution in [0.3, 0.4) is 0 Å². The van der Waals surface area contributed by atoms with Crippen molar-refractivity contribution in [3.63, 3.8) is 0 Å². The van der Waals surface area contributed by atoms with Crippen molar-refractivity contribution in [1.29, 1.82) is 0 Å². The minimum Gasteiger partial charge on any atom is -0.368 e. The first kappa shape index (κ1) is 16.5. The molecule has 0 heterocycles. The molecule has 2 amide bonds. The summed E-state index contributed by atoms with van der Waals surface area (Å²) in [6, 6.07) is 0.264. The van der Waals surface area contributed by atoms with Crippen LogP contribution in [0.2, 0.25) is 0 Å². The van der Waals surface area contributed by atoms with E-state index in [1.807, 2.05) is 0 Å². The molecule has 0 spiro atoms. The van der Waals surface area contributed by atoms with Crippen LogP contribution in [0, 0.1) is 21.7 Å². The van der Waals surface area contributed by atoms with Crippen molar-refractivity contribution in [2.24, 2.45) is 5.73 Å². The summed E-state index contributed by atoms with van der Waals surface area (Å²) in [6.45, 7) is 2.63. The summed E-state index contributed by atoms with van der Waals surface area (Å²) in [4.78, 5) is 33.4. The second-order valence-corrected chi connectivity index (χ2v) is 4.53. The number of carbonyl (C=O) groups excluding carboxylic acids is 2. The molecule has 114 valence electrons. The van der Waals surface area contributed by atoms with Gasteiger partial charge in [-0.15, -0.1) is 0 Å². The maximum Gasteiger partial charge on any atom is 0.307 e. The first-order chi connectivity index (χ1) is 9.65. The minimum atomic E-state index is -1.34. The third-order valence-electron chi connectivity index (χ3n) is 2.67. The molecule has 0 bridgehead atoms. The van der Waals surface area contributed by atoms with Gasteiger partial charge in [-0.2, -0.15) is 4.39 Å². The molecular formula is C12H13F2N3O4. The summed E-state index contributed by atoms with van der Waals surface area (Å²) in [5, 5.41) is 10.5. The maximum absolute atomic E-state index is 13.8. The quantitative estimate of drug-likeness (QED) is 0.651. The van der Waals surface area contributed by atoms with Gasteiger partial charge < -0.3 is 10.6 Å². The highest BCUT2D eigenvalue weighted by molar-refractivity contribution is 5.97. The number of hydrogen-bond acceptors (Lipinski definition) is 4. The summed E-state index contributed by atoms with van der Waals surface area (Å²) < 4.78 is 27.3. The molecule has 1 aromatic rings. The third kappa shape index (κ3) is 3.71. The number of amides is 2. The average Bonchev–Trinajstić information content (AvgIpc) is 2.36. The van der Waals surface area contributed by atoms with Crippen molar-refractivity contribution in [2.75, 3.05) is 6.54 Å². The summed E-state index contributed by atoms with van der Waals surface area (Å²) in [6.07, 6.45) is 0. The van der Waals surface area contributed by atoms with Crippen molar-refractivity contribution < 1.29 is 23.3 Å². The summed E-state index contributed by atoms with van der Waals surface area (Å²) in [5.41, 5.74) is 3.21. The van der Waals surface area contributed by atoms with Crippen LogP contribution >= 0.6 is 0 Å². The van der Waals surface area contributed by atoms with E-state index in [1.165, 1.54) is 0 Å². The number of nitro benzene ring substituents is 1. The van der Waals surface area contributed by atoms with Crippen LogP contribution in [0.1, 0.15) is 24.2 Å². The minimum absolute atomic E-state index is 0.325. The van der Waals surface area contributed by atoms with E-state index in [2.05, 4.69) is 0 Å². The number of carbonyl (C=O) groups is 2. The zero-order valence-corrected chi connectivity index (χ0v) is 11.3. The van der Waals surface area contributed by atoms with Crippen LogP contribution in [0.5, 0.6) is 0 Å². The predicted octanol–water partition coefficient (Wildman–Crippen LogP) is 1.21. The van der Waals surface area contributed by atoms with E-state index in [0.29, 0.717) is 12.1 Å². The van der Waals surface area contributed by atoms with E-state index in [-0.39, 0.29) is 0 Å². The lowest BCUT2D eigenvalue weighted by molar-refractivity contribution is -0.387. The van der Waals surface area contributed by atoms with Crippen LogP contribution in [-0.2, 0) is 4.79 Å². The fourth-order valence-electron chi connectivity index (χ4n) is 1.65. The van der Waals surface area contributed by atoms with Gasteiger partial charge in [0.05, 0.1) is 23.1 Å². The van der Waals surface area contributed by atoms with Crippen molar-refractivity contribution in [3.8, 4) is 0 Å². The molecule has 0 aliphatic rings. The Morgan fingerprint density at radius 3 is 2.33 bits per heavy atom. The van der Waals surface area contributed by atoms with Crippen LogP contribution in [0.15, 0.2) is 12.1 Å². The highest BCUT2D eigenvalue weighted by Crippen LogP contribution is 2.22. The molecule has 0 aliphatic carbocycles.